The van der Waals surface area contributed by atoms with Gasteiger partial charge in [-0.25, -0.2) is 4.79 Å². The van der Waals surface area contributed by atoms with Gasteiger partial charge in [0.2, 0.25) is 5.91 Å². The van der Waals surface area contributed by atoms with Crippen LogP contribution >= 0.6 is 11.3 Å². The Hall–Kier alpha value is -1.97. The van der Waals surface area contributed by atoms with Crippen LogP contribution in [0.5, 0.6) is 0 Å². The predicted octanol–water partition coefficient (Wildman–Crippen LogP) is 1.25. The van der Waals surface area contributed by atoms with Crippen LogP contribution in [0, 0.1) is 6.92 Å². The standard InChI is InChI=1S/C17H25N3O5S/c1-5-24-17(23)13-11(3)14(15(22)18-4)26-16(13)19-12(21)9-20-6-7-25-10(2)8-20/h10H,5-9H2,1-4H3,(H,18,22)(H,19,21). The first kappa shape index (κ1) is 20.3. The highest BCUT2D eigenvalue weighted by Gasteiger charge is 2.27. The monoisotopic (exact) mass is 383 g/mol. The lowest BCUT2D eigenvalue weighted by atomic mass is 10.1. The van der Waals surface area contributed by atoms with Gasteiger partial charge in [-0.2, -0.15) is 0 Å². The number of ether oxygens (including phenoxy) is 2. The second kappa shape index (κ2) is 9.11. The van der Waals surface area contributed by atoms with Gasteiger partial charge in [-0.1, -0.05) is 0 Å². The number of nitrogens with zero attached hydrogens (tertiary/aromatic N) is 1. The molecule has 1 atom stereocenters. The fourth-order valence-corrected chi connectivity index (χ4v) is 3.94. The van der Waals surface area contributed by atoms with Gasteiger partial charge in [0, 0.05) is 20.1 Å². The number of anilines is 1. The molecule has 1 unspecified atom stereocenters. The van der Waals surface area contributed by atoms with Gasteiger partial charge in [-0.15, -0.1) is 11.3 Å². The van der Waals surface area contributed by atoms with E-state index < -0.39 is 5.97 Å². The molecule has 0 aromatic carbocycles. The summed E-state index contributed by atoms with van der Waals surface area (Å²) in [7, 11) is 1.52. The van der Waals surface area contributed by atoms with Crippen molar-refractivity contribution >= 4 is 34.1 Å². The molecule has 1 aromatic rings. The van der Waals surface area contributed by atoms with E-state index >= 15 is 0 Å². The van der Waals surface area contributed by atoms with Crippen LogP contribution in [0.15, 0.2) is 0 Å². The highest BCUT2D eigenvalue weighted by Crippen LogP contribution is 2.33. The molecule has 2 amide bonds. The molecule has 1 aliphatic rings. The van der Waals surface area contributed by atoms with Gasteiger partial charge < -0.3 is 20.1 Å². The average molecular weight is 383 g/mol. The van der Waals surface area contributed by atoms with Crippen molar-refractivity contribution in [3.63, 3.8) is 0 Å². The van der Waals surface area contributed by atoms with Crippen LogP contribution in [0.2, 0.25) is 0 Å². The molecule has 26 heavy (non-hydrogen) atoms. The van der Waals surface area contributed by atoms with Crippen molar-refractivity contribution < 1.29 is 23.9 Å². The zero-order valence-electron chi connectivity index (χ0n) is 15.5. The predicted molar refractivity (Wildman–Crippen MR) is 98.9 cm³/mol. The number of esters is 1. The summed E-state index contributed by atoms with van der Waals surface area (Å²) < 4.78 is 10.5. The largest absolute Gasteiger partial charge is 0.462 e. The van der Waals surface area contributed by atoms with Gasteiger partial charge in [0.25, 0.3) is 5.91 Å². The number of amides is 2. The zero-order chi connectivity index (χ0) is 19.3. The SMILES string of the molecule is CCOC(=O)c1c(NC(=O)CN2CCOC(C)C2)sc(C(=O)NC)c1C. The second-order valence-electron chi connectivity index (χ2n) is 6.02. The fraction of sp³-hybridized carbons (Fsp3) is 0.588. The molecule has 144 valence electrons. The summed E-state index contributed by atoms with van der Waals surface area (Å²) in [5, 5.41) is 5.65. The number of carbonyl (C=O) groups is 3. The normalized spacial score (nSPS) is 17.6. The van der Waals surface area contributed by atoms with Crippen LogP contribution in [0.4, 0.5) is 5.00 Å². The second-order valence-corrected chi connectivity index (χ2v) is 7.05. The van der Waals surface area contributed by atoms with Crippen LogP contribution in [-0.2, 0) is 14.3 Å². The van der Waals surface area contributed by atoms with Gasteiger partial charge in [0.15, 0.2) is 0 Å². The Bertz CT molecular complexity index is 688. The van der Waals surface area contributed by atoms with E-state index in [4.69, 9.17) is 9.47 Å². The van der Waals surface area contributed by atoms with Crippen molar-refractivity contribution in [3.05, 3.63) is 16.0 Å². The molecule has 0 bridgehead atoms. The number of rotatable bonds is 6. The van der Waals surface area contributed by atoms with Gasteiger partial charge in [0.05, 0.1) is 36.3 Å². The molecular formula is C17H25N3O5S. The Kier molecular flexibility index (Phi) is 7.13. The van der Waals surface area contributed by atoms with Crippen LogP contribution in [0.25, 0.3) is 0 Å². The fourth-order valence-electron chi connectivity index (χ4n) is 2.78. The minimum atomic E-state index is -0.549. The third-order valence-electron chi connectivity index (χ3n) is 4.00. The summed E-state index contributed by atoms with van der Waals surface area (Å²) >= 11 is 1.08. The zero-order valence-corrected chi connectivity index (χ0v) is 16.3. The summed E-state index contributed by atoms with van der Waals surface area (Å²) in [5.41, 5.74) is 0.738. The Morgan fingerprint density at radius 1 is 1.38 bits per heavy atom. The van der Waals surface area contributed by atoms with Crippen molar-refractivity contribution in [3.8, 4) is 0 Å². The van der Waals surface area contributed by atoms with Crippen LogP contribution < -0.4 is 10.6 Å². The van der Waals surface area contributed by atoms with Gasteiger partial charge in [-0.05, 0) is 26.3 Å². The molecule has 2 N–H and O–H groups in total. The molecule has 0 spiro atoms. The van der Waals surface area contributed by atoms with Crippen molar-refractivity contribution in [1.82, 2.24) is 10.2 Å². The number of morpholine rings is 1. The molecular weight excluding hydrogens is 358 g/mol. The van der Waals surface area contributed by atoms with Crippen molar-refractivity contribution in [2.24, 2.45) is 0 Å². The number of carbonyl (C=O) groups excluding carboxylic acids is 3. The first-order valence-corrected chi connectivity index (χ1v) is 9.35. The molecule has 0 aliphatic carbocycles. The minimum Gasteiger partial charge on any atom is -0.462 e. The topological polar surface area (TPSA) is 97.0 Å². The summed E-state index contributed by atoms with van der Waals surface area (Å²) in [6.45, 7) is 7.68. The van der Waals surface area contributed by atoms with E-state index in [1.165, 1.54) is 7.05 Å². The lowest BCUT2D eigenvalue weighted by Gasteiger charge is -2.30. The van der Waals surface area contributed by atoms with E-state index in [0.29, 0.717) is 35.1 Å². The molecule has 1 fully saturated rings. The molecule has 0 saturated carbocycles. The Morgan fingerprint density at radius 2 is 2.12 bits per heavy atom. The van der Waals surface area contributed by atoms with Crippen LogP contribution in [-0.4, -0.2) is 68.7 Å². The quantitative estimate of drug-likeness (QED) is 0.718. The van der Waals surface area contributed by atoms with E-state index in [-0.39, 0.29) is 36.6 Å². The third kappa shape index (κ3) is 4.80. The van der Waals surface area contributed by atoms with Crippen molar-refractivity contribution in [2.75, 3.05) is 45.2 Å². The summed E-state index contributed by atoms with van der Waals surface area (Å²) in [4.78, 5) is 39.1. The molecule has 9 heteroatoms. The van der Waals surface area contributed by atoms with E-state index in [1.54, 1.807) is 13.8 Å². The van der Waals surface area contributed by atoms with Crippen molar-refractivity contribution in [1.29, 1.82) is 0 Å². The molecule has 1 aromatic heterocycles. The first-order valence-electron chi connectivity index (χ1n) is 8.53. The lowest BCUT2D eigenvalue weighted by molar-refractivity contribution is -0.119. The van der Waals surface area contributed by atoms with E-state index in [9.17, 15) is 14.4 Å². The summed E-state index contributed by atoms with van der Waals surface area (Å²) in [6.07, 6.45) is 0.0791. The molecule has 2 rings (SSSR count). The maximum Gasteiger partial charge on any atom is 0.341 e. The molecule has 1 aliphatic heterocycles. The molecule has 0 radical (unpaired) electrons. The van der Waals surface area contributed by atoms with Gasteiger partial charge in [0.1, 0.15) is 5.00 Å². The molecule has 1 saturated heterocycles. The van der Waals surface area contributed by atoms with E-state index in [2.05, 4.69) is 10.6 Å². The third-order valence-corrected chi connectivity index (χ3v) is 5.21. The molecule has 8 nitrogen and oxygen atoms in total. The number of thiophene rings is 1. The smallest absolute Gasteiger partial charge is 0.341 e. The van der Waals surface area contributed by atoms with Gasteiger partial charge >= 0.3 is 5.97 Å². The lowest BCUT2D eigenvalue weighted by Crippen LogP contribution is -2.44. The van der Waals surface area contributed by atoms with Crippen molar-refractivity contribution in [2.45, 2.75) is 26.9 Å². The number of hydrogen-bond donors (Lipinski definition) is 2. The number of nitrogens with one attached hydrogen (secondary N) is 2. The Labute approximate surface area is 156 Å². The highest BCUT2D eigenvalue weighted by molar-refractivity contribution is 7.18. The van der Waals surface area contributed by atoms with Gasteiger partial charge in [-0.3, -0.25) is 14.5 Å². The van der Waals surface area contributed by atoms with Crippen LogP contribution in [0.1, 0.15) is 39.4 Å². The van der Waals surface area contributed by atoms with E-state index in [1.807, 2.05) is 11.8 Å². The summed E-state index contributed by atoms with van der Waals surface area (Å²) in [6, 6.07) is 0. The Balaban J connectivity index is 2.19. The Morgan fingerprint density at radius 3 is 2.73 bits per heavy atom. The van der Waals surface area contributed by atoms with E-state index in [0.717, 1.165) is 11.3 Å². The number of hydrogen-bond acceptors (Lipinski definition) is 7. The minimum absolute atomic E-state index is 0.0791. The highest BCUT2D eigenvalue weighted by atomic mass is 32.1. The van der Waals surface area contributed by atoms with Crippen LogP contribution in [0.3, 0.4) is 0 Å². The molecule has 2 heterocycles. The maximum absolute atomic E-state index is 12.4. The first-order chi connectivity index (χ1) is 12.4. The maximum atomic E-state index is 12.4. The average Bonchev–Trinajstić information content (AvgIpc) is 2.90. The summed E-state index contributed by atoms with van der Waals surface area (Å²) in [5.74, 6) is -1.10.